The van der Waals surface area contributed by atoms with Gasteiger partial charge in [0.15, 0.2) is 0 Å². The Morgan fingerprint density at radius 2 is 2.20 bits per heavy atom. The molecule has 1 aliphatic rings. The van der Waals surface area contributed by atoms with E-state index in [1.807, 2.05) is 0 Å². The molecule has 0 aliphatic carbocycles. The van der Waals surface area contributed by atoms with Crippen LogP contribution in [0.5, 0.6) is 5.88 Å². The van der Waals surface area contributed by atoms with E-state index in [0.717, 1.165) is 30.9 Å². The Morgan fingerprint density at radius 3 is 2.80 bits per heavy atom. The van der Waals surface area contributed by atoms with Gasteiger partial charge >= 0.3 is 0 Å². The molecule has 0 unspecified atom stereocenters. The highest BCUT2D eigenvalue weighted by Gasteiger charge is 2.24. The molecule has 5 nitrogen and oxygen atoms in total. The molecule has 82 valence electrons. The van der Waals surface area contributed by atoms with E-state index in [4.69, 9.17) is 10.5 Å². The van der Waals surface area contributed by atoms with Crippen molar-refractivity contribution in [2.24, 2.45) is 5.73 Å². The molecule has 5 heteroatoms. The molecule has 0 amide bonds. The summed E-state index contributed by atoms with van der Waals surface area (Å²) in [6.45, 7) is 5.25. The van der Waals surface area contributed by atoms with Crippen LogP contribution in [0.4, 0.5) is 0 Å². The Balaban J connectivity index is 2.39. The third kappa shape index (κ3) is 1.80. The quantitative estimate of drug-likeness (QED) is 0.773. The van der Waals surface area contributed by atoms with Crippen LogP contribution in [0, 0.1) is 0 Å². The minimum atomic E-state index is 0.357. The maximum absolute atomic E-state index is 5.54. The van der Waals surface area contributed by atoms with E-state index in [-0.39, 0.29) is 0 Å². The Morgan fingerprint density at radius 1 is 1.40 bits per heavy atom. The van der Waals surface area contributed by atoms with E-state index in [2.05, 4.69) is 21.8 Å². The van der Waals surface area contributed by atoms with Gasteiger partial charge < -0.3 is 10.5 Å². The van der Waals surface area contributed by atoms with Crippen LogP contribution in [-0.2, 0) is 19.6 Å². The first-order valence-electron chi connectivity index (χ1n) is 5.13. The summed E-state index contributed by atoms with van der Waals surface area (Å²) in [6.07, 6.45) is 0. The highest BCUT2D eigenvalue weighted by Crippen LogP contribution is 2.27. The lowest BCUT2D eigenvalue weighted by Crippen LogP contribution is -2.14. The van der Waals surface area contributed by atoms with Crippen LogP contribution in [0.15, 0.2) is 0 Å². The van der Waals surface area contributed by atoms with Crippen molar-refractivity contribution in [3.8, 4) is 5.88 Å². The van der Waals surface area contributed by atoms with Crippen LogP contribution in [-0.4, -0.2) is 28.5 Å². The van der Waals surface area contributed by atoms with E-state index >= 15 is 0 Å². The summed E-state index contributed by atoms with van der Waals surface area (Å²) in [4.78, 5) is 11.0. The summed E-state index contributed by atoms with van der Waals surface area (Å²) >= 11 is 0. The van der Waals surface area contributed by atoms with Crippen LogP contribution < -0.4 is 10.5 Å². The fourth-order valence-electron chi connectivity index (χ4n) is 1.82. The molecular weight excluding hydrogens is 192 g/mol. The van der Waals surface area contributed by atoms with E-state index in [9.17, 15) is 0 Å². The van der Waals surface area contributed by atoms with Crippen molar-refractivity contribution in [2.45, 2.75) is 26.6 Å². The molecule has 0 bridgehead atoms. The van der Waals surface area contributed by atoms with Crippen molar-refractivity contribution in [1.29, 1.82) is 0 Å². The molecule has 1 aliphatic heterocycles. The van der Waals surface area contributed by atoms with Crippen molar-refractivity contribution >= 4 is 0 Å². The number of aromatic nitrogens is 2. The average Bonchev–Trinajstić information content (AvgIpc) is 2.70. The maximum Gasteiger partial charge on any atom is 0.221 e. The van der Waals surface area contributed by atoms with Crippen LogP contribution in [0.2, 0.25) is 0 Å². The second-order valence-electron chi connectivity index (χ2n) is 3.58. The lowest BCUT2D eigenvalue weighted by Gasteiger charge is -2.09. The van der Waals surface area contributed by atoms with E-state index < -0.39 is 0 Å². The molecule has 2 heterocycles. The molecule has 1 aromatic heterocycles. The summed E-state index contributed by atoms with van der Waals surface area (Å²) in [7, 11) is 1.64. The summed E-state index contributed by atoms with van der Waals surface area (Å²) in [5.41, 5.74) is 7.71. The SMILES string of the molecule is CCN1Cc2nc(CN)nc(OC)c2C1. The van der Waals surface area contributed by atoms with Gasteiger partial charge in [-0.3, -0.25) is 4.90 Å². The number of hydrogen-bond donors (Lipinski definition) is 1. The molecule has 0 fully saturated rings. The second kappa shape index (κ2) is 4.12. The zero-order chi connectivity index (χ0) is 10.8. The van der Waals surface area contributed by atoms with Gasteiger partial charge in [-0.1, -0.05) is 6.92 Å². The largest absolute Gasteiger partial charge is 0.481 e. The minimum Gasteiger partial charge on any atom is -0.481 e. The third-order valence-electron chi connectivity index (χ3n) is 2.68. The predicted octanol–water partition coefficient (Wildman–Crippen LogP) is 0.279. The topological polar surface area (TPSA) is 64.3 Å². The zero-order valence-corrected chi connectivity index (χ0v) is 9.16. The van der Waals surface area contributed by atoms with Gasteiger partial charge in [-0.05, 0) is 6.54 Å². The first-order valence-corrected chi connectivity index (χ1v) is 5.13. The first-order chi connectivity index (χ1) is 7.28. The van der Waals surface area contributed by atoms with Crippen LogP contribution in [0.3, 0.4) is 0 Å². The second-order valence-corrected chi connectivity index (χ2v) is 3.58. The third-order valence-corrected chi connectivity index (χ3v) is 2.68. The number of nitrogens with two attached hydrogens (primary N) is 1. The standard InChI is InChI=1S/C10H16N4O/c1-3-14-5-7-8(6-14)12-9(4-11)13-10(7)15-2/h3-6,11H2,1-2H3. The van der Waals surface area contributed by atoms with Gasteiger partial charge in [-0.2, -0.15) is 4.98 Å². The smallest absolute Gasteiger partial charge is 0.221 e. The fourth-order valence-corrected chi connectivity index (χ4v) is 1.82. The molecule has 2 N–H and O–H groups in total. The number of fused-ring (bicyclic) bond motifs is 1. The Bertz CT molecular complexity index is 367. The summed E-state index contributed by atoms with van der Waals surface area (Å²) in [6, 6.07) is 0. The van der Waals surface area contributed by atoms with Crippen molar-refractivity contribution in [3.05, 3.63) is 17.1 Å². The molecule has 0 saturated heterocycles. The lowest BCUT2D eigenvalue weighted by molar-refractivity contribution is 0.295. The van der Waals surface area contributed by atoms with Gasteiger partial charge in [-0.15, -0.1) is 0 Å². The monoisotopic (exact) mass is 208 g/mol. The summed E-state index contributed by atoms with van der Waals surface area (Å²) < 4.78 is 5.26. The number of ether oxygens (including phenoxy) is 1. The van der Waals surface area contributed by atoms with Crippen LogP contribution in [0.25, 0.3) is 0 Å². The minimum absolute atomic E-state index is 0.357. The van der Waals surface area contributed by atoms with E-state index in [1.54, 1.807) is 7.11 Å². The fraction of sp³-hybridized carbons (Fsp3) is 0.600. The normalized spacial score (nSPS) is 15.4. The lowest BCUT2D eigenvalue weighted by atomic mass is 10.2. The summed E-state index contributed by atoms with van der Waals surface area (Å²) in [5, 5.41) is 0. The summed E-state index contributed by atoms with van der Waals surface area (Å²) in [5.74, 6) is 1.33. The number of nitrogens with zero attached hydrogens (tertiary/aromatic N) is 3. The highest BCUT2D eigenvalue weighted by atomic mass is 16.5. The maximum atomic E-state index is 5.54. The molecule has 0 saturated carbocycles. The molecular formula is C10H16N4O. The van der Waals surface area contributed by atoms with Gasteiger partial charge in [0.1, 0.15) is 5.82 Å². The van der Waals surface area contributed by atoms with Crippen molar-refractivity contribution in [1.82, 2.24) is 14.9 Å². The van der Waals surface area contributed by atoms with Crippen molar-refractivity contribution < 1.29 is 4.74 Å². The molecule has 0 spiro atoms. The zero-order valence-electron chi connectivity index (χ0n) is 9.16. The van der Waals surface area contributed by atoms with Gasteiger partial charge in [0.2, 0.25) is 5.88 Å². The van der Waals surface area contributed by atoms with E-state index in [1.165, 1.54) is 0 Å². The van der Waals surface area contributed by atoms with Crippen LogP contribution >= 0.6 is 0 Å². The Hall–Kier alpha value is -1.20. The van der Waals surface area contributed by atoms with Crippen LogP contribution in [0.1, 0.15) is 24.0 Å². The van der Waals surface area contributed by atoms with Crippen molar-refractivity contribution in [3.63, 3.8) is 0 Å². The van der Waals surface area contributed by atoms with Gasteiger partial charge in [0.25, 0.3) is 0 Å². The van der Waals surface area contributed by atoms with Gasteiger partial charge in [0.05, 0.1) is 24.9 Å². The Kier molecular flexibility index (Phi) is 2.83. The van der Waals surface area contributed by atoms with Gasteiger partial charge in [0, 0.05) is 13.1 Å². The Labute approximate surface area is 89.3 Å². The highest BCUT2D eigenvalue weighted by molar-refractivity contribution is 5.34. The number of rotatable bonds is 3. The van der Waals surface area contributed by atoms with Crippen molar-refractivity contribution in [2.75, 3.05) is 13.7 Å². The molecule has 0 atom stereocenters. The molecule has 0 aromatic carbocycles. The number of methoxy groups -OCH3 is 1. The average molecular weight is 208 g/mol. The number of hydrogen-bond acceptors (Lipinski definition) is 5. The molecule has 2 rings (SSSR count). The molecule has 1 aromatic rings. The molecule has 0 radical (unpaired) electrons. The predicted molar refractivity (Wildman–Crippen MR) is 56.3 cm³/mol. The van der Waals surface area contributed by atoms with Gasteiger partial charge in [-0.25, -0.2) is 4.98 Å². The van der Waals surface area contributed by atoms with E-state index in [0.29, 0.717) is 18.2 Å². The first kappa shape index (κ1) is 10.3. The molecule has 15 heavy (non-hydrogen) atoms.